The van der Waals surface area contributed by atoms with Crippen LogP contribution in [0, 0.1) is 6.07 Å². The van der Waals surface area contributed by atoms with Gasteiger partial charge in [0.1, 0.15) is 0 Å². The predicted octanol–water partition coefficient (Wildman–Crippen LogP) is 0.941. The van der Waals surface area contributed by atoms with Gasteiger partial charge >= 0.3 is 18.9 Å². The Balaban J connectivity index is 0.00000264. The Morgan fingerprint density at radius 2 is 1.39 bits per heavy atom. The van der Waals surface area contributed by atoms with E-state index in [4.69, 9.17) is 18.9 Å². The van der Waals surface area contributed by atoms with Crippen molar-refractivity contribution in [2.75, 3.05) is 28.4 Å². The first-order valence-electron chi connectivity index (χ1n) is 6.49. The first kappa shape index (κ1) is 18.9. The minimum absolute atomic E-state index is 0. The second kappa shape index (κ2) is 9.08. The van der Waals surface area contributed by atoms with Gasteiger partial charge in [-0.2, -0.15) is 5.11 Å². The summed E-state index contributed by atoms with van der Waals surface area (Å²) in [4.78, 5) is 0. The molecule has 6 nitrogen and oxygen atoms in total. The quantitative estimate of drug-likeness (QED) is 0.453. The topological polar surface area (TPSA) is 61.6 Å². The molecule has 0 N–H and O–H groups in total. The zero-order valence-corrected chi connectivity index (χ0v) is 13.9. The van der Waals surface area contributed by atoms with Crippen molar-refractivity contribution < 1.29 is 37.8 Å². The van der Waals surface area contributed by atoms with Gasteiger partial charge in [0, 0.05) is 17.9 Å². The summed E-state index contributed by atoms with van der Waals surface area (Å²) in [6, 6.07) is 11.6. The third kappa shape index (κ3) is 4.65. The largest absolute Gasteiger partial charge is 1.00 e. The van der Waals surface area contributed by atoms with E-state index in [-0.39, 0.29) is 18.9 Å². The van der Waals surface area contributed by atoms with Gasteiger partial charge in [-0.15, -0.1) is 24.3 Å². The molecule has 2 rings (SSSR count). The standard InChI is InChI=1S/C16H17N2O4.Li/c1-19-13-7-5-11(6-8-13)17-18-12-9-14(20-2)16(22-4)15(10-12)21-3;/h5-7,9-10H,1-4H3;/q-1;+1. The molecule has 0 aliphatic heterocycles. The van der Waals surface area contributed by atoms with Crippen molar-refractivity contribution in [3.8, 4) is 23.0 Å². The molecule has 0 aromatic heterocycles. The molecule has 0 bridgehead atoms. The van der Waals surface area contributed by atoms with Crippen LogP contribution in [0.5, 0.6) is 23.0 Å². The second-order valence-electron chi connectivity index (χ2n) is 4.20. The molecule has 7 heteroatoms. The Morgan fingerprint density at radius 1 is 0.783 bits per heavy atom. The van der Waals surface area contributed by atoms with E-state index in [0.717, 1.165) is 0 Å². The van der Waals surface area contributed by atoms with Gasteiger partial charge in [0.15, 0.2) is 11.5 Å². The molecule has 0 fully saturated rings. The van der Waals surface area contributed by atoms with Gasteiger partial charge in [-0.3, -0.25) is 0 Å². The molecule has 0 unspecified atom stereocenters. The van der Waals surface area contributed by atoms with Gasteiger partial charge < -0.3 is 18.9 Å². The predicted molar refractivity (Wildman–Crippen MR) is 82.1 cm³/mol. The Labute approximate surface area is 147 Å². The summed E-state index contributed by atoms with van der Waals surface area (Å²) in [6.45, 7) is 0. The number of benzene rings is 2. The van der Waals surface area contributed by atoms with Crippen LogP contribution in [0.25, 0.3) is 0 Å². The van der Waals surface area contributed by atoms with Crippen molar-refractivity contribution in [1.29, 1.82) is 0 Å². The third-order valence-corrected chi connectivity index (χ3v) is 2.92. The second-order valence-corrected chi connectivity index (χ2v) is 4.20. The molecular weight excluding hydrogens is 291 g/mol. The van der Waals surface area contributed by atoms with Crippen molar-refractivity contribution in [2.24, 2.45) is 10.2 Å². The zero-order chi connectivity index (χ0) is 15.9. The van der Waals surface area contributed by atoms with Crippen LogP contribution >= 0.6 is 0 Å². The molecule has 0 radical (unpaired) electrons. The SMILES string of the molecule is COc1[c-]cc(N=Nc2cc(OC)c(OC)c(OC)c2)cc1.[Li+]. The zero-order valence-electron chi connectivity index (χ0n) is 13.9. The van der Waals surface area contributed by atoms with Gasteiger partial charge in [-0.05, 0) is 5.69 Å². The molecule has 0 aliphatic carbocycles. The number of hydrogen-bond donors (Lipinski definition) is 0. The van der Waals surface area contributed by atoms with Crippen LogP contribution in [0.4, 0.5) is 11.4 Å². The van der Waals surface area contributed by atoms with Crippen molar-refractivity contribution in [3.63, 3.8) is 0 Å². The Morgan fingerprint density at radius 3 is 1.83 bits per heavy atom. The Bertz CT molecular complexity index is 635. The fraction of sp³-hybridized carbons (Fsp3) is 0.250. The van der Waals surface area contributed by atoms with Gasteiger partial charge in [-0.25, -0.2) is 5.11 Å². The Kier molecular flexibility index (Phi) is 7.46. The smallest absolute Gasteiger partial charge is 0.523 e. The van der Waals surface area contributed by atoms with Crippen LogP contribution in [0.3, 0.4) is 0 Å². The van der Waals surface area contributed by atoms with Crippen LogP contribution in [-0.2, 0) is 0 Å². The first-order valence-corrected chi connectivity index (χ1v) is 6.49. The van der Waals surface area contributed by atoms with Crippen LogP contribution in [0.15, 0.2) is 40.6 Å². The fourth-order valence-electron chi connectivity index (χ4n) is 1.83. The fourth-order valence-corrected chi connectivity index (χ4v) is 1.83. The van der Waals surface area contributed by atoms with Gasteiger partial charge in [0.05, 0.1) is 34.1 Å². The van der Waals surface area contributed by atoms with E-state index >= 15 is 0 Å². The van der Waals surface area contributed by atoms with Crippen LogP contribution < -0.4 is 37.8 Å². The maximum Gasteiger partial charge on any atom is 1.00 e. The number of methoxy groups -OCH3 is 4. The van der Waals surface area contributed by atoms with E-state index in [2.05, 4.69) is 16.3 Å². The number of hydrogen-bond acceptors (Lipinski definition) is 6. The normalized spacial score (nSPS) is 10.1. The minimum Gasteiger partial charge on any atom is -0.523 e. The molecule has 116 valence electrons. The van der Waals surface area contributed by atoms with E-state index in [1.807, 2.05) is 0 Å². The monoisotopic (exact) mass is 308 g/mol. The molecule has 0 heterocycles. The number of azo groups is 1. The van der Waals surface area contributed by atoms with Crippen molar-refractivity contribution in [2.45, 2.75) is 0 Å². The first-order chi connectivity index (χ1) is 10.7. The van der Waals surface area contributed by atoms with Crippen LogP contribution in [0.2, 0.25) is 0 Å². The summed E-state index contributed by atoms with van der Waals surface area (Å²) in [5.74, 6) is 2.21. The molecule has 0 amide bonds. The van der Waals surface area contributed by atoms with Gasteiger partial charge in [-0.1, -0.05) is 0 Å². The number of ether oxygens (including phenoxy) is 4. The number of rotatable bonds is 6. The summed E-state index contributed by atoms with van der Waals surface area (Å²) in [5.41, 5.74) is 1.25. The van der Waals surface area contributed by atoms with E-state index in [9.17, 15) is 0 Å². The van der Waals surface area contributed by atoms with E-state index < -0.39 is 0 Å². The molecule has 0 saturated heterocycles. The molecule has 0 aliphatic rings. The molecule has 23 heavy (non-hydrogen) atoms. The summed E-state index contributed by atoms with van der Waals surface area (Å²) < 4.78 is 20.8. The average Bonchev–Trinajstić information content (AvgIpc) is 2.59. The van der Waals surface area contributed by atoms with E-state index in [1.165, 1.54) is 0 Å². The van der Waals surface area contributed by atoms with Crippen molar-refractivity contribution >= 4 is 11.4 Å². The van der Waals surface area contributed by atoms with Crippen LogP contribution in [0.1, 0.15) is 0 Å². The van der Waals surface area contributed by atoms with E-state index in [0.29, 0.717) is 34.4 Å². The summed E-state index contributed by atoms with van der Waals surface area (Å²) in [5, 5.41) is 8.32. The average molecular weight is 308 g/mol. The summed E-state index contributed by atoms with van der Waals surface area (Å²) in [6.07, 6.45) is 0. The summed E-state index contributed by atoms with van der Waals surface area (Å²) in [7, 11) is 6.24. The van der Waals surface area contributed by atoms with E-state index in [1.54, 1.807) is 58.8 Å². The molecule has 0 saturated carbocycles. The minimum atomic E-state index is 0. The maximum atomic E-state index is 5.27. The molecule has 0 atom stereocenters. The molecule has 2 aromatic carbocycles. The van der Waals surface area contributed by atoms with Crippen molar-refractivity contribution in [1.82, 2.24) is 0 Å². The van der Waals surface area contributed by atoms with Gasteiger partial charge in [0.2, 0.25) is 5.75 Å². The molecule has 2 aromatic rings. The summed E-state index contributed by atoms with van der Waals surface area (Å²) >= 11 is 0. The number of nitrogens with zero attached hydrogens (tertiary/aromatic N) is 2. The Hall–Kier alpha value is -2.16. The van der Waals surface area contributed by atoms with Crippen molar-refractivity contribution in [3.05, 3.63) is 36.4 Å². The maximum absolute atomic E-state index is 5.27. The van der Waals surface area contributed by atoms with Crippen LogP contribution in [-0.4, -0.2) is 28.4 Å². The van der Waals surface area contributed by atoms with Gasteiger partial charge in [0.25, 0.3) is 0 Å². The third-order valence-electron chi connectivity index (χ3n) is 2.92. The molecular formula is C16H17LiN2O4. The molecule has 0 spiro atoms.